The number of nitrogens with one attached hydrogen (secondary N) is 2. The Hall–Kier alpha value is -4.48. The fourth-order valence-electron chi connectivity index (χ4n) is 5.33. The third kappa shape index (κ3) is 5.21. The van der Waals surface area contributed by atoms with Crippen molar-refractivity contribution >= 4 is 34.3 Å². The number of ether oxygens (including phenoxy) is 2. The van der Waals surface area contributed by atoms with E-state index in [0.717, 1.165) is 18.4 Å². The van der Waals surface area contributed by atoms with Gasteiger partial charge in [0.15, 0.2) is 5.65 Å². The van der Waals surface area contributed by atoms with Crippen LogP contribution in [-0.2, 0) is 23.1 Å². The van der Waals surface area contributed by atoms with Gasteiger partial charge in [0.25, 0.3) is 5.56 Å². The molecule has 2 aliphatic heterocycles. The van der Waals surface area contributed by atoms with E-state index in [0.29, 0.717) is 66.2 Å². The van der Waals surface area contributed by atoms with Gasteiger partial charge in [0.05, 0.1) is 35.8 Å². The molecule has 11 nitrogen and oxygen atoms in total. The summed E-state index contributed by atoms with van der Waals surface area (Å²) < 4.78 is 15.0. The van der Waals surface area contributed by atoms with E-state index in [4.69, 9.17) is 14.5 Å². The van der Waals surface area contributed by atoms with Gasteiger partial charge in [-0.05, 0) is 30.5 Å². The molecule has 11 heteroatoms. The van der Waals surface area contributed by atoms with Gasteiger partial charge in [-0.1, -0.05) is 36.4 Å². The van der Waals surface area contributed by atoms with Gasteiger partial charge >= 0.3 is 0 Å². The van der Waals surface area contributed by atoms with E-state index in [-0.39, 0.29) is 23.7 Å². The van der Waals surface area contributed by atoms with Crippen molar-refractivity contribution in [2.45, 2.75) is 31.0 Å². The first-order valence-corrected chi connectivity index (χ1v) is 13.7. The first-order chi connectivity index (χ1) is 20.0. The summed E-state index contributed by atoms with van der Waals surface area (Å²) in [6, 6.07) is 14.8. The molecule has 1 spiro atoms. The van der Waals surface area contributed by atoms with E-state index in [2.05, 4.69) is 27.2 Å². The Kier molecular flexibility index (Phi) is 7.29. The maximum absolute atomic E-state index is 12.7. The van der Waals surface area contributed by atoms with Gasteiger partial charge in [-0.2, -0.15) is 0 Å². The van der Waals surface area contributed by atoms with E-state index in [1.807, 2.05) is 36.4 Å². The van der Waals surface area contributed by atoms with Crippen LogP contribution in [0.5, 0.6) is 0 Å². The SMILES string of the molecule is C=CCn1c(=O)c2ccc(Nc3cc(N[C@H](CO)c4ccccc4)c(C4=NC5(CCOCC5)CO4)cn3)nc2n1C. The van der Waals surface area contributed by atoms with Gasteiger partial charge in [-0.15, -0.1) is 6.58 Å². The number of aromatic nitrogens is 4. The fraction of sp³-hybridized carbons (Fsp3) is 0.333. The predicted octanol–water partition coefficient (Wildman–Crippen LogP) is 3.53. The maximum atomic E-state index is 12.7. The number of aliphatic hydroxyl groups excluding tert-OH is 1. The van der Waals surface area contributed by atoms with Crippen molar-refractivity contribution < 1.29 is 14.6 Å². The minimum Gasteiger partial charge on any atom is -0.475 e. The lowest BCUT2D eigenvalue weighted by molar-refractivity contribution is 0.0442. The number of aliphatic hydroxyl groups is 1. The monoisotopic (exact) mass is 555 g/mol. The van der Waals surface area contributed by atoms with Crippen LogP contribution in [0.2, 0.25) is 0 Å². The normalized spacial score (nSPS) is 16.8. The zero-order valence-corrected chi connectivity index (χ0v) is 22.9. The number of benzene rings is 1. The Morgan fingerprint density at radius 1 is 1.17 bits per heavy atom. The molecule has 1 atom stereocenters. The molecule has 0 saturated carbocycles. The Morgan fingerprint density at radius 2 is 1.98 bits per heavy atom. The largest absolute Gasteiger partial charge is 0.475 e. The number of pyridine rings is 2. The van der Waals surface area contributed by atoms with Crippen molar-refractivity contribution in [1.82, 2.24) is 19.3 Å². The van der Waals surface area contributed by atoms with Crippen molar-refractivity contribution in [2.24, 2.45) is 12.0 Å². The molecule has 0 radical (unpaired) electrons. The Labute approximate surface area is 237 Å². The molecule has 0 unspecified atom stereocenters. The van der Waals surface area contributed by atoms with Crippen LogP contribution in [0.15, 0.2) is 77.2 Å². The number of aliphatic imine (C=N–C) groups is 1. The molecule has 1 fully saturated rings. The van der Waals surface area contributed by atoms with Gasteiger partial charge in [0.1, 0.15) is 23.8 Å². The summed E-state index contributed by atoms with van der Waals surface area (Å²) >= 11 is 0. The number of aryl methyl sites for hydroxylation is 1. The highest BCUT2D eigenvalue weighted by Gasteiger charge is 2.39. The standard InChI is InChI=1S/C30H33N7O4/c1-3-13-37-29(39)21-9-10-25(34-27(21)36(37)2)33-26-16-23(32-24(18-38)20-7-5-4-6-8-20)22(17-31-26)28-35-30(19-41-28)11-14-40-15-12-30/h3-10,16-17,24,38H,1,11-15,18-19H2,2H3,(H2,31,32,33,34)/t24-/m1/s1. The Bertz CT molecular complexity index is 1650. The molecular formula is C30H33N7O4. The summed E-state index contributed by atoms with van der Waals surface area (Å²) in [6.07, 6.45) is 5.01. The highest BCUT2D eigenvalue weighted by molar-refractivity contribution is 6.01. The van der Waals surface area contributed by atoms with Gasteiger partial charge < -0.3 is 25.2 Å². The van der Waals surface area contributed by atoms with Gasteiger partial charge in [-0.3, -0.25) is 9.48 Å². The highest BCUT2D eigenvalue weighted by atomic mass is 16.5. The lowest BCUT2D eigenvalue weighted by Gasteiger charge is -2.28. The third-order valence-corrected chi connectivity index (χ3v) is 7.66. The van der Waals surface area contributed by atoms with Crippen LogP contribution in [0.25, 0.3) is 11.0 Å². The molecule has 3 N–H and O–H groups in total. The van der Waals surface area contributed by atoms with Crippen LogP contribution in [0.1, 0.15) is 30.0 Å². The van der Waals surface area contributed by atoms with Crippen LogP contribution in [-0.4, -0.2) is 62.3 Å². The second-order valence-corrected chi connectivity index (χ2v) is 10.3. The summed E-state index contributed by atoms with van der Waals surface area (Å²) in [5.74, 6) is 1.59. The number of anilines is 3. The smallest absolute Gasteiger partial charge is 0.276 e. The minimum atomic E-state index is -0.363. The van der Waals surface area contributed by atoms with E-state index >= 15 is 0 Å². The number of hydrogen-bond donors (Lipinski definition) is 3. The molecule has 0 aliphatic carbocycles. The number of fused-ring (bicyclic) bond motifs is 1. The molecule has 0 bridgehead atoms. The van der Waals surface area contributed by atoms with E-state index in [9.17, 15) is 9.90 Å². The topological polar surface area (TPSA) is 128 Å². The second kappa shape index (κ2) is 11.2. The Morgan fingerprint density at radius 3 is 2.73 bits per heavy atom. The lowest BCUT2D eigenvalue weighted by Crippen LogP contribution is -2.35. The van der Waals surface area contributed by atoms with Crippen LogP contribution >= 0.6 is 0 Å². The zero-order chi connectivity index (χ0) is 28.4. The fourth-order valence-corrected chi connectivity index (χ4v) is 5.33. The first kappa shape index (κ1) is 26.7. The van der Waals surface area contributed by atoms with E-state index < -0.39 is 0 Å². The van der Waals surface area contributed by atoms with Crippen LogP contribution in [0.4, 0.5) is 17.3 Å². The van der Waals surface area contributed by atoms with Crippen LogP contribution in [0, 0.1) is 0 Å². The van der Waals surface area contributed by atoms with E-state index in [1.54, 1.807) is 40.8 Å². The molecule has 0 amide bonds. The van der Waals surface area contributed by atoms with Crippen molar-refractivity contribution in [2.75, 3.05) is 37.1 Å². The van der Waals surface area contributed by atoms with Crippen molar-refractivity contribution in [3.05, 3.63) is 88.9 Å². The number of allylic oxidation sites excluding steroid dienone is 1. The third-order valence-electron chi connectivity index (χ3n) is 7.66. The van der Waals surface area contributed by atoms with Gasteiger partial charge in [0.2, 0.25) is 5.90 Å². The van der Waals surface area contributed by atoms with Crippen molar-refractivity contribution in [3.63, 3.8) is 0 Å². The molecule has 6 rings (SSSR count). The van der Waals surface area contributed by atoms with Crippen LogP contribution < -0.4 is 16.2 Å². The summed E-state index contributed by atoms with van der Waals surface area (Å²) in [5, 5.41) is 17.5. The number of hydrogen-bond acceptors (Lipinski definition) is 9. The van der Waals surface area contributed by atoms with Gasteiger partial charge in [0, 0.05) is 32.5 Å². The molecule has 41 heavy (non-hydrogen) atoms. The number of rotatable bonds is 9. The summed E-state index contributed by atoms with van der Waals surface area (Å²) in [7, 11) is 1.80. The zero-order valence-electron chi connectivity index (χ0n) is 22.9. The predicted molar refractivity (Wildman–Crippen MR) is 158 cm³/mol. The van der Waals surface area contributed by atoms with Crippen molar-refractivity contribution in [1.29, 1.82) is 0 Å². The second-order valence-electron chi connectivity index (χ2n) is 10.3. The number of nitrogens with zero attached hydrogens (tertiary/aromatic N) is 5. The first-order valence-electron chi connectivity index (χ1n) is 13.7. The summed E-state index contributed by atoms with van der Waals surface area (Å²) in [4.78, 5) is 27.1. The molecule has 4 aromatic rings. The van der Waals surface area contributed by atoms with Crippen molar-refractivity contribution in [3.8, 4) is 0 Å². The average Bonchev–Trinajstić information content (AvgIpc) is 3.51. The molecule has 1 saturated heterocycles. The Balaban J connectivity index is 1.35. The molecular weight excluding hydrogens is 522 g/mol. The average molecular weight is 556 g/mol. The van der Waals surface area contributed by atoms with Crippen LogP contribution in [0.3, 0.4) is 0 Å². The molecule has 3 aromatic heterocycles. The molecule has 2 aliphatic rings. The lowest BCUT2D eigenvalue weighted by atomic mass is 9.92. The maximum Gasteiger partial charge on any atom is 0.276 e. The van der Waals surface area contributed by atoms with Gasteiger partial charge in [-0.25, -0.2) is 19.6 Å². The molecule has 1 aromatic carbocycles. The molecule has 5 heterocycles. The molecule has 212 valence electrons. The highest BCUT2D eigenvalue weighted by Crippen LogP contribution is 2.34. The minimum absolute atomic E-state index is 0.114. The summed E-state index contributed by atoms with van der Waals surface area (Å²) in [5.41, 5.74) is 2.51. The summed E-state index contributed by atoms with van der Waals surface area (Å²) in [6.45, 7) is 5.83. The quantitative estimate of drug-likeness (QED) is 0.268. The van der Waals surface area contributed by atoms with E-state index in [1.165, 1.54) is 0 Å².